The van der Waals surface area contributed by atoms with Crippen LogP contribution in [-0.4, -0.2) is 13.1 Å². The first kappa shape index (κ1) is 28.9. The van der Waals surface area contributed by atoms with E-state index in [0.29, 0.717) is 0 Å². The van der Waals surface area contributed by atoms with Gasteiger partial charge in [0.1, 0.15) is 11.2 Å². The molecule has 0 radical (unpaired) electrons. The van der Waals surface area contributed by atoms with Gasteiger partial charge in [-0.1, -0.05) is 109 Å². The summed E-state index contributed by atoms with van der Waals surface area (Å²) in [4.78, 5) is 0. The van der Waals surface area contributed by atoms with Crippen LogP contribution >= 0.6 is 8.16 Å². The van der Waals surface area contributed by atoms with E-state index in [9.17, 15) is 0 Å². The molecule has 0 unspecified atom stereocenters. The van der Waals surface area contributed by atoms with Crippen molar-refractivity contribution in [3.63, 3.8) is 0 Å². The smallest absolute Gasteiger partial charge is 0.309 e. The first-order chi connectivity index (χ1) is 16.3. The summed E-state index contributed by atoms with van der Waals surface area (Å²) in [5.41, 5.74) is 7.00. The van der Waals surface area contributed by atoms with Crippen LogP contribution < -0.4 is 4.67 Å². The minimum Gasteiger partial charge on any atom is -0.407 e. The van der Waals surface area contributed by atoms with Crippen molar-refractivity contribution in [1.29, 1.82) is 0 Å². The van der Waals surface area contributed by atoms with E-state index in [0.717, 1.165) is 35.0 Å². The summed E-state index contributed by atoms with van der Waals surface area (Å²) in [5, 5.41) is 2.33. The Balaban J connectivity index is 2.79. The van der Waals surface area contributed by atoms with Gasteiger partial charge in [0.15, 0.2) is 0 Å². The lowest BCUT2D eigenvalue weighted by Gasteiger charge is -2.27. The van der Waals surface area contributed by atoms with E-state index in [1.54, 1.807) is 0 Å². The fraction of sp³-hybridized carbons (Fsp3) is 0.625. The predicted molar refractivity (Wildman–Crippen MR) is 160 cm³/mol. The van der Waals surface area contributed by atoms with Crippen molar-refractivity contribution in [2.24, 2.45) is 0 Å². The van der Waals surface area contributed by atoms with E-state index < -0.39 is 8.16 Å². The molecule has 0 atom stereocenters. The standard InChI is InChI=1S/C32H50NO2P/c1-15-33(16-2)36-34-27-23(17-21(29(3,4)5)19-25(27)31(9,10)11)24-18-22(30(6,7)8)20-26(28(24)35-36)32(12,13)14/h17-20H,15-16H2,1-14H3. The van der Waals surface area contributed by atoms with Crippen molar-refractivity contribution < 1.29 is 8.39 Å². The van der Waals surface area contributed by atoms with E-state index in [-0.39, 0.29) is 21.7 Å². The van der Waals surface area contributed by atoms with E-state index in [1.165, 1.54) is 22.3 Å². The summed E-state index contributed by atoms with van der Waals surface area (Å²) in [6.45, 7) is 33.6. The van der Waals surface area contributed by atoms with Crippen molar-refractivity contribution in [2.45, 2.75) is 119 Å². The van der Waals surface area contributed by atoms with Gasteiger partial charge in [0.25, 0.3) is 0 Å². The number of fused-ring (bicyclic) bond motifs is 3. The van der Waals surface area contributed by atoms with Crippen LogP contribution in [0.1, 0.15) is 119 Å². The van der Waals surface area contributed by atoms with Crippen LogP contribution in [-0.2, 0) is 21.7 Å². The topological polar surface area (TPSA) is 29.5 Å². The third-order valence-corrected chi connectivity index (χ3v) is 8.82. The third-order valence-electron chi connectivity index (χ3n) is 7.12. The molecule has 0 spiro atoms. The molecule has 0 saturated heterocycles. The zero-order chi connectivity index (χ0) is 27.4. The molecule has 0 fully saturated rings. The Morgan fingerprint density at radius 1 is 0.556 bits per heavy atom. The predicted octanol–water partition coefficient (Wildman–Crippen LogP) is 10.5. The number of hydrogen-bond donors (Lipinski definition) is 0. The van der Waals surface area contributed by atoms with Crippen LogP contribution in [0.5, 0.6) is 0 Å². The molecule has 1 heterocycles. The minimum atomic E-state index is -1.30. The molecule has 3 nitrogen and oxygen atoms in total. The lowest BCUT2D eigenvalue weighted by atomic mass is 9.77. The van der Waals surface area contributed by atoms with Gasteiger partial charge in [0.2, 0.25) is 0 Å². The SMILES string of the molecule is CCN(CC)p1oc2c(C(C)(C)C)cc(C(C)(C)C)cc2c2cc(C(C)(C)C)cc(C(C)(C)C)c2o1. The van der Waals surface area contributed by atoms with Gasteiger partial charge >= 0.3 is 8.16 Å². The molecule has 0 aliphatic rings. The Morgan fingerprint density at radius 3 is 1.14 bits per heavy atom. The number of nitrogens with zero attached hydrogens (tertiary/aromatic N) is 1. The number of hydrogen-bond acceptors (Lipinski definition) is 3. The van der Waals surface area contributed by atoms with Crippen molar-refractivity contribution in [3.8, 4) is 0 Å². The number of benzene rings is 2. The maximum Gasteiger partial charge on any atom is 0.309 e. The number of rotatable bonds is 3. The second-order valence-corrected chi connectivity index (χ2v) is 15.8. The molecule has 0 amide bonds. The van der Waals surface area contributed by atoms with Gasteiger partial charge in [0, 0.05) is 35.0 Å². The Labute approximate surface area is 221 Å². The van der Waals surface area contributed by atoms with Gasteiger partial charge in [-0.05, 0) is 44.9 Å². The van der Waals surface area contributed by atoms with Gasteiger partial charge in [-0.15, -0.1) is 0 Å². The average molecular weight is 512 g/mol. The highest BCUT2D eigenvalue weighted by atomic mass is 31.1. The van der Waals surface area contributed by atoms with Crippen molar-refractivity contribution in [2.75, 3.05) is 17.8 Å². The summed E-state index contributed by atoms with van der Waals surface area (Å²) in [6, 6.07) is 9.48. The summed E-state index contributed by atoms with van der Waals surface area (Å²) in [7, 11) is -1.30. The maximum absolute atomic E-state index is 6.97. The molecule has 0 saturated carbocycles. The Bertz CT molecular complexity index is 1190. The maximum atomic E-state index is 6.97. The molecule has 0 aliphatic heterocycles. The quantitative estimate of drug-likeness (QED) is 0.350. The second kappa shape index (κ2) is 9.55. The molecule has 2 aromatic carbocycles. The summed E-state index contributed by atoms with van der Waals surface area (Å²) in [5.74, 6) is 0. The average Bonchev–Trinajstić information content (AvgIpc) is 2.87. The second-order valence-electron chi connectivity index (χ2n) is 14.4. The van der Waals surface area contributed by atoms with E-state index in [1.807, 2.05) is 0 Å². The van der Waals surface area contributed by atoms with Crippen molar-refractivity contribution in [1.82, 2.24) is 0 Å². The molecular weight excluding hydrogens is 461 g/mol. The van der Waals surface area contributed by atoms with E-state index >= 15 is 0 Å². The van der Waals surface area contributed by atoms with Crippen LogP contribution in [0.4, 0.5) is 0 Å². The molecule has 0 aliphatic carbocycles. The van der Waals surface area contributed by atoms with Gasteiger partial charge in [-0.2, -0.15) is 0 Å². The fourth-order valence-electron chi connectivity index (χ4n) is 4.58. The van der Waals surface area contributed by atoms with Gasteiger partial charge in [-0.3, -0.25) is 0 Å². The first-order valence-corrected chi connectivity index (χ1v) is 14.7. The summed E-state index contributed by atoms with van der Waals surface area (Å²) < 4.78 is 16.3. The molecular formula is C32H50NO2P. The lowest BCUT2D eigenvalue weighted by molar-refractivity contribution is 0.553. The minimum absolute atomic E-state index is 0.0143. The normalized spacial score (nSPS) is 13.8. The molecule has 36 heavy (non-hydrogen) atoms. The highest BCUT2D eigenvalue weighted by Crippen LogP contribution is 2.45. The molecule has 0 bridgehead atoms. The van der Waals surface area contributed by atoms with Crippen LogP contribution in [0.25, 0.3) is 21.9 Å². The van der Waals surface area contributed by atoms with Gasteiger partial charge in [0.05, 0.1) is 0 Å². The summed E-state index contributed by atoms with van der Waals surface area (Å²) in [6.07, 6.45) is 0. The van der Waals surface area contributed by atoms with Crippen molar-refractivity contribution >= 4 is 30.1 Å². The largest absolute Gasteiger partial charge is 0.407 e. The van der Waals surface area contributed by atoms with Crippen LogP contribution in [0.15, 0.2) is 32.7 Å². The van der Waals surface area contributed by atoms with Crippen molar-refractivity contribution in [3.05, 3.63) is 46.5 Å². The highest BCUT2D eigenvalue weighted by molar-refractivity contribution is 7.38. The van der Waals surface area contributed by atoms with Crippen LogP contribution in [0, 0.1) is 0 Å². The first-order valence-electron chi connectivity index (χ1n) is 13.6. The highest BCUT2D eigenvalue weighted by Gasteiger charge is 2.29. The lowest BCUT2D eigenvalue weighted by Crippen LogP contribution is -2.18. The van der Waals surface area contributed by atoms with Gasteiger partial charge in [-0.25, -0.2) is 4.67 Å². The van der Waals surface area contributed by atoms with Crippen LogP contribution in [0.3, 0.4) is 0 Å². The Morgan fingerprint density at radius 2 is 0.889 bits per heavy atom. The summed E-state index contributed by atoms with van der Waals surface area (Å²) >= 11 is 0. The molecule has 3 rings (SSSR count). The van der Waals surface area contributed by atoms with E-state index in [4.69, 9.17) is 8.39 Å². The zero-order valence-electron chi connectivity index (χ0n) is 25.4. The third kappa shape index (κ3) is 5.73. The van der Waals surface area contributed by atoms with Gasteiger partial charge < -0.3 is 8.39 Å². The Kier molecular flexibility index (Phi) is 7.66. The van der Waals surface area contributed by atoms with E-state index in [2.05, 4.69) is 126 Å². The molecule has 3 aromatic rings. The van der Waals surface area contributed by atoms with Crippen LogP contribution in [0.2, 0.25) is 0 Å². The Hall–Kier alpha value is -1.70. The fourth-order valence-corrected chi connectivity index (χ4v) is 6.02. The molecule has 4 heteroatoms. The molecule has 1 aromatic heterocycles. The molecule has 0 N–H and O–H groups in total. The zero-order valence-corrected chi connectivity index (χ0v) is 26.3. The molecule has 200 valence electrons. The monoisotopic (exact) mass is 511 g/mol.